The molecule has 1 aliphatic heterocycles. The number of rotatable bonds is 7. The first-order valence-electron chi connectivity index (χ1n) is 11.1. The number of nitrogens with zero attached hydrogens (tertiary/aromatic N) is 1. The second kappa shape index (κ2) is 9.58. The van der Waals surface area contributed by atoms with Gasteiger partial charge in [0.2, 0.25) is 5.56 Å². The topological polar surface area (TPSA) is 82.6 Å². The Morgan fingerprint density at radius 3 is 2.36 bits per heavy atom. The Morgan fingerprint density at radius 2 is 1.76 bits per heavy atom. The van der Waals surface area contributed by atoms with Gasteiger partial charge in [0.05, 0.1) is 6.04 Å². The summed E-state index contributed by atoms with van der Waals surface area (Å²) < 4.78 is 19.4. The number of benzene rings is 2. The number of aromatic amines is 1. The van der Waals surface area contributed by atoms with Crippen LogP contribution in [0.2, 0.25) is 0 Å². The number of aliphatic hydroxyl groups excluding tert-OH is 1. The minimum Gasteiger partial charge on any atom is -0.438 e. The molecule has 1 fully saturated rings. The highest BCUT2D eigenvalue weighted by Gasteiger charge is 2.43. The zero-order valence-electron chi connectivity index (χ0n) is 18.5. The summed E-state index contributed by atoms with van der Waals surface area (Å²) in [6, 6.07) is 16.9. The Balaban J connectivity index is 1.51. The average molecular weight is 451 g/mol. The van der Waals surface area contributed by atoms with Crippen molar-refractivity contribution in [2.45, 2.75) is 37.8 Å². The van der Waals surface area contributed by atoms with Crippen LogP contribution in [0, 0.1) is 5.82 Å². The maximum atomic E-state index is 13.4. The highest BCUT2D eigenvalue weighted by molar-refractivity contribution is 5.70. The summed E-state index contributed by atoms with van der Waals surface area (Å²) in [7, 11) is 0. The van der Waals surface area contributed by atoms with Crippen molar-refractivity contribution < 1.29 is 19.0 Å². The SMILES string of the molecule is C[C@@H](c1ccc(-c2ccc(=O)[nH]c2)cc1)N1CC[C@](CCCO)(c2ccc(F)cc2)OC1=O. The van der Waals surface area contributed by atoms with Gasteiger partial charge in [-0.3, -0.25) is 4.79 Å². The average Bonchev–Trinajstić information content (AvgIpc) is 2.83. The Morgan fingerprint density at radius 1 is 1.06 bits per heavy atom. The number of cyclic esters (lactones) is 1. The van der Waals surface area contributed by atoms with Gasteiger partial charge in [0.1, 0.15) is 11.4 Å². The van der Waals surface area contributed by atoms with Gasteiger partial charge in [-0.2, -0.15) is 0 Å². The number of aliphatic hydroxyl groups is 1. The molecule has 2 N–H and O–H groups in total. The van der Waals surface area contributed by atoms with Crippen LogP contribution in [0.1, 0.15) is 43.4 Å². The number of hydrogen-bond acceptors (Lipinski definition) is 4. The van der Waals surface area contributed by atoms with Crippen LogP contribution in [0.3, 0.4) is 0 Å². The molecule has 1 amide bonds. The third-order valence-corrected chi connectivity index (χ3v) is 6.36. The Kier molecular flexibility index (Phi) is 6.60. The largest absolute Gasteiger partial charge is 0.438 e. The van der Waals surface area contributed by atoms with Crippen molar-refractivity contribution in [3.05, 3.63) is 94.2 Å². The number of nitrogens with one attached hydrogen (secondary N) is 1. The molecule has 0 radical (unpaired) electrons. The molecule has 0 aliphatic carbocycles. The second-order valence-electron chi connectivity index (χ2n) is 8.38. The van der Waals surface area contributed by atoms with Crippen molar-refractivity contribution in [1.29, 1.82) is 0 Å². The molecule has 0 spiro atoms. The van der Waals surface area contributed by atoms with E-state index in [1.54, 1.807) is 29.3 Å². The third kappa shape index (κ3) is 4.83. The number of hydrogen-bond donors (Lipinski definition) is 2. The molecule has 172 valence electrons. The summed E-state index contributed by atoms with van der Waals surface area (Å²) in [6.45, 7) is 2.42. The maximum absolute atomic E-state index is 13.4. The van der Waals surface area contributed by atoms with Crippen LogP contribution >= 0.6 is 0 Å². The van der Waals surface area contributed by atoms with E-state index >= 15 is 0 Å². The molecule has 2 atom stereocenters. The molecule has 0 unspecified atom stereocenters. The minimum absolute atomic E-state index is 0.0116. The highest BCUT2D eigenvalue weighted by Crippen LogP contribution is 2.40. The van der Waals surface area contributed by atoms with Crippen LogP contribution in [-0.2, 0) is 10.3 Å². The minimum atomic E-state index is -0.877. The molecule has 4 rings (SSSR count). The molecule has 6 nitrogen and oxygen atoms in total. The molecule has 0 bridgehead atoms. The number of halogens is 1. The number of H-pyrrole nitrogens is 1. The van der Waals surface area contributed by atoms with Crippen molar-refractivity contribution in [2.75, 3.05) is 13.2 Å². The van der Waals surface area contributed by atoms with Gasteiger partial charge in [-0.25, -0.2) is 9.18 Å². The third-order valence-electron chi connectivity index (χ3n) is 6.36. The quantitative estimate of drug-likeness (QED) is 0.544. The first kappa shape index (κ1) is 22.7. The lowest BCUT2D eigenvalue weighted by Gasteiger charge is -2.43. The zero-order chi connectivity index (χ0) is 23.4. The van der Waals surface area contributed by atoms with Gasteiger partial charge >= 0.3 is 6.09 Å². The van der Waals surface area contributed by atoms with Gasteiger partial charge in [0.15, 0.2) is 0 Å². The zero-order valence-corrected chi connectivity index (χ0v) is 18.5. The number of amides is 1. The van der Waals surface area contributed by atoms with Gasteiger partial charge in [0, 0.05) is 31.8 Å². The smallest absolute Gasteiger partial charge is 0.411 e. The van der Waals surface area contributed by atoms with Gasteiger partial charge in [-0.15, -0.1) is 0 Å². The molecule has 1 saturated heterocycles. The highest BCUT2D eigenvalue weighted by atomic mass is 19.1. The van der Waals surface area contributed by atoms with Crippen molar-refractivity contribution >= 4 is 6.09 Å². The molecular formula is C26H27FN2O4. The molecule has 1 aliphatic rings. The van der Waals surface area contributed by atoms with Crippen LogP contribution in [0.15, 0.2) is 71.7 Å². The van der Waals surface area contributed by atoms with Gasteiger partial charge in [-0.05, 0) is 60.2 Å². The standard InChI is InChI=1S/C26H27FN2O4/c1-18(19-3-5-20(6-4-19)21-7-12-24(31)28-17-21)29-15-14-26(13-2-16-30,33-25(29)32)22-8-10-23(27)11-9-22/h3-12,17-18,30H,2,13-16H2,1H3,(H,28,31)/t18-,26+/m0/s1. The van der Waals surface area contributed by atoms with Gasteiger partial charge in [0.25, 0.3) is 0 Å². The fourth-order valence-electron chi connectivity index (χ4n) is 4.39. The van der Waals surface area contributed by atoms with Crippen LogP contribution in [0.5, 0.6) is 0 Å². The Hall–Kier alpha value is -3.45. The van der Waals surface area contributed by atoms with Crippen molar-refractivity contribution in [3.8, 4) is 11.1 Å². The molecule has 0 saturated carbocycles. The van der Waals surface area contributed by atoms with E-state index in [1.165, 1.54) is 18.2 Å². The summed E-state index contributed by atoms with van der Waals surface area (Å²) in [5.41, 5.74) is 2.54. The molecule has 2 heterocycles. The summed E-state index contributed by atoms with van der Waals surface area (Å²) in [6.07, 6.45) is 2.73. The first-order valence-corrected chi connectivity index (χ1v) is 11.1. The Bertz CT molecular complexity index is 1140. The molecule has 3 aromatic rings. The Labute approximate surface area is 191 Å². The first-order chi connectivity index (χ1) is 15.9. The number of carbonyl (C=O) groups excluding carboxylic acids is 1. The number of pyridine rings is 1. The van der Waals surface area contributed by atoms with E-state index in [0.29, 0.717) is 25.8 Å². The fraction of sp³-hybridized carbons (Fsp3) is 0.308. The van der Waals surface area contributed by atoms with E-state index in [9.17, 15) is 19.1 Å². The van der Waals surface area contributed by atoms with Crippen molar-refractivity contribution in [2.24, 2.45) is 0 Å². The molecular weight excluding hydrogens is 423 g/mol. The van der Waals surface area contributed by atoms with Crippen LogP contribution in [0.25, 0.3) is 11.1 Å². The monoisotopic (exact) mass is 450 g/mol. The lowest BCUT2D eigenvalue weighted by molar-refractivity contribution is -0.0680. The van der Waals surface area contributed by atoms with Crippen LogP contribution in [-0.4, -0.2) is 34.2 Å². The van der Waals surface area contributed by atoms with Crippen molar-refractivity contribution in [3.63, 3.8) is 0 Å². The predicted molar refractivity (Wildman–Crippen MR) is 123 cm³/mol. The van der Waals surface area contributed by atoms with Gasteiger partial charge in [-0.1, -0.05) is 36.4 Å². The van der Waals surface area contributed by atoms with E-state index in [-0.39, 0.29) is 24.0 Å². The predicted octanol–water partition coefficient (Wildman–Crippen LogP) is 4.75. The summed E-state index contributed by atoms with van der Waals surface area (Å²) in [4.78, 5) is 28.7. The summed E-state index contributed by atoms with van der Waals surface area (Å²) >= 11 is 0. The second-order valence-corrected chi connectivity index (χ2v) is 8.38. The fourth-order valence-corrected chi connectivity index (χ4v) is 4.39. The van der Waals surface area contributed by atoms with E-state index in [1.807, 2.05) is 31.2 Å². The van der Waals surface area contributed by atoms with Crippen LogP contribution in [0.4, 0.5) is 9.18 Å². The maximum Gasteiger partial charge on any atom is 0.411 e. The molecule has 2 aromatic carbocycles. The van der Waals surface area contributed by atoms with E-state index in [4.69, 9.17) is 4.74 Å². The van der Waals surface area contributed by atoms with E-state index < -0.39 is 11.7 Å². The van der Waals surface area contributed by atoms with Crippen LogP contribution < -0.4 is 5.56 Å². The summed E-state index contributed by atoms with van der Waals surface area (Å²) in [5, 5.41) is 9.35. The lowest BCUT2D eigenvalue weighted by Crippen LogP contribution is -2.48. The van der Waals surface area contributed by atoms with Crippen molar-refractivity contribution in [1.82, 2.24) is 9.88 Å². The molecule has 1 aromatic heterocycles. The number of aromatic nitrogens is 1. The normalized spacial score (nSPS) is 19.2. The number of ether oxygens (including phenoxy) is 1. The number of carbonyl (C=O) groups is 1. The van der Waals surface area contributed by atoms with E-state index in [2.05, 4.69) is 4.98 Å². The molecule has 7 heteroatoms. The lowest BCUT2D eigenvalue weighted by atomic mass is 9.84. The van der Waals surface area contributed by atoms with Gasteiger partial charge < -0.3 is 19.7 Å². The molecule has 33 heavy (non-hydrogen) atoms. The summed E-state index contributed by atoms with van der Waals surface area (Å²) in [5.74, 6) is -0.348. The van der Waals surface area contributed by atoms with E-state index in [0.717, 1.165) is 22.3 Å².